The Morgan fingerprint density at radius 1 is 0.963 bits per heavy atom. The van der Waals surface area contributed by atoms with E-state index in [9.17, 15) is 14.4 Å². The second-order valence-electron chi connectivity index (χ2n) is 7.69. The summed E-state index contributed by atoms with van der Waals surface area (Å²) in [6, 6.07) is 7.87. The van der Waals surface area contributed by atoms with Gasteiger partial charge in [0.2, 0.25) is 5.91 Å². The summed E-state index contributed by atoms with van der Waals surface area (Å²) >= 11 is 0. The first kappa shape index (κ1) is 16.5. The summed E-state index contributed by atoms with van der Waals surface area (Å²) in [6.07, 6.45) is 1.44. The van der Waals surface area contributed by atoms with E-state index in [0.717, 1.165) is 44.5 Å². The van der Waals surface area contributed by atoms with Crippen LogP contribution in [0.25, 0.3) is 0 Å². The van der Waals surface area contributed by atoms with Crippen molar-refractivity contribution in [1.29, 1.82) is 0 Å². The fraction of sp³-hybridized carbons (Fsp3) is 0.444. The van der Waals surface area contributed by atoms with Crippen LogP contribution < -0.4 is 10.2 Å². The van der Waals surface area contributed by atoms with Crippen molar-refractivity contribution in [1.82, 2.24) is 20.0 Å². The van der Waals surface area contributed by atoms with Crippen LogP contribution in [0.1, 0.15) is 0 Å². The highest BCUT2D eigenvalue weighted by Gasteiger charge is 2.49. The number of nitrogens with one attached hydrogen (secondary N) is 1. The third-order valence-corrected chi connectivity index (χ3v) is 5.47. The number of amides is 4. The fourth-order valence-corrected chi connectivity index (χ4v) is 4.58. The van der Waals surface area contributed by atoms with Crippen molar-refractivity contribution < 1.29 is 14.4 Å². The van der Waals surface area contributed by atoms with E-state index in [2.05, 4.69) is 20.0 Å². The zero-order valence-electron chi connectivity index (χ0n) is 14.7. The Hall–Kier alpha value is -2.62. The Labute approximate surface area is 156 Å². The number of aliphatic imine (C=N–C) groups is 1. The second-order valence-corrected chi connectivity index (χ2v) is 7.69. The lowest BCUT2D eigenvalue weighted by molar-refractivity contribution is -0.139. The maximum Gasteiger partial charge on any atom is 0.335 e. The van der Waals surface area contributed by atoms with Crippen LogP contribution in [-0.2, 0) is 9.59 Å². The number of carbonyl (C=O) groups excluding carboxylic acids is 3. The Morgan fingerprint density at radius 3 is 2.15 bits per heavy atom. The molecule has 4 amide bonds. The summed E-state index contributed by atoms with van der Waals surface area (Å²) < 4.78 is 0. The van der Waals surface area contributed by atoms with Gasteiger partial charge >= 0.3 is 6.03 Å². The van der Waals surface area contributed by atoms with Crippen LogP contribution in [0, 0.1) is 5.92 Å². The Kier molecular flexibility index (Phi) is 3.64. The van der Waals surface area contributed by atoms with Crippen LogP contribution in [0.3, 0.4) is 0 Å². The normalized spacial score (nSPS) is 37.9. The third-order valence-electron chi connectivity index (χ3n) is 5.47. The number of para-hydroxylation sites is 1. The average Bonchev–Trinajstić information content (AvgIpc) is 2.61. The average molecular weight is 368 g/mol. The van der Waals surface area contributed by atoms with E-state index in [1.54, 1.807) is 30.3 Å². The first-order valence-corrected chi connectivity index (χ1v) is 8.99. The van der Waals surface area contributed by atoms with Gasteiger partial charge < -0.3 is 0 Å². The quantitative estimate of drug-likeness (QED) is 0.572. The number of imide groups is 2. The van der Waals surface area contributed by atoms with E-state index < -0.39 is 23.8 Å². The van der Waals surface area contributed by atoms with Crippen LogP contribution in [0.2, 0.25) is 0 Å². The number of hydrogen-bond donors (Lipinski definition) is 1. The molecule has 5 aliphatic heterocycles. The largest absolute Gasteiger partial charge is 0.335 e. The lowest BCUT2D eigenvalue weighted by Gasteiger charge is -2.59. The summed E-state index contributed by atoms with van der Waals surface area (Å²) in [7, 11) is 0. The molecule has 0 radical (unpaired) electrons. The van der Waals surface area contributed by atoms with Gasteiger partial charge in [0.15, 0.2) is 5.92 Å². The minimum atomic E-state index is -1.10. The molecule has 9 nitrogen and oxygen atoms in total. The number of nitrogens with zero attached hydrogens (tertiary/aromatic N) is 5. The van der Waals surface area contributed by atoms with Crippen molar-refractivity contribution in [3.05, 3.63) is 30.3 Å². The van der Waals surface area contributed by atoms with Gasteiger partial charge in [0.1, 0.15) is 0 Å². The monoisotopic (exact) mass is 368 g/mol. The van der Waals surface area contributed by atoms with E-state index in [1.165, 1.54) is 6.21 Å². The van der Waals surface area contributed by atoms with Gasteiger partial charge in [0.05, 0.1) is 31.2 Å². The smallest absolute Gasteiger partial charge is 0.285 e. The van der Waals surface area contributed by atoms with Crippen LogP contribution in [0.5, 0.6) is 0 Å². The Morgan fingerprint density at radius 2 is 1.56 bits per heavy atom. The van der Waals surface area contributed by atoms with Crippen molar-refractivity contribution >= 4 is 29.7 Å². The highest BCUT2D eigenvalue weighted by Crippen LogP contribution is 2.32. The number of barbiturate groups is 1. The molecule has 1 aromatic carbocycles. The SMILES string of the molecule is O=C1NC(=O)N(c2ccccc2)C(=O)[C@@H]1C=NC12CN3CN(CN(C3)C1)C2. The van der Waals surface area contributed by atoms with Gasteiger partial charge in [-0.1, -0.05) is 18.2 Å². The van der Waals surface area contributed by atoms with Crippen LogP contribution in [-0.4, -0.2) is 83.9 Å². The molecule has 4 bridgehead atoms. The molecule has 0 aromatic heterocycles. The molecule has 1 N–H and O–H groups in total. The van der Waals surface area contributed by atoms with Gasteiger partial charge in [0, 0.05) is 25.8 Å². The highest BCUT2D eigenvalue weighted by atomic mass is 16.2. The minimum absolute atomic E-state index is 0.325. The van der Waals surface area contributed by atoms with E-state index in [1.807, 2.05) is 0 Å². The van der Waals surface area contributed by atoms with Crippen molar-refractivity contribution in [3.8, 4) is 0 Å². The summed E-state index contributed by atoms with van der Waals surface area (Å²) in [4.78, 5) is 50.1. The Bertz CT molecular complexity index is 803. The number of urea groups is 1. The first-order valence-electron chi connectivity index (χ1n) is 8.99. The molecular weight excluding hydrogens is 348 g/mol. The van der Waals surface area contributed by atoms with Gasteiger partial charge in [-0.15, -0.1) is 0 Å². The standard InChI is InChI=1S/C18H20N6O3/c25-15-14(16(26)24(17(27)20-15)13-4-2-1-3-5-13)6-19-18-7-21-10-22(8-18)12-23(9-18)11-21/h1-6,14H,7-12H2,(H,20,25,27)/t14-/m1/s1. The maximum absolute atomic E-state index is 12.9. The number of carbonyl (C=O) groups is 3. The molecule has 27 heavy (non-hydrogen) atoms. The maximum atomic E-state index is 12.9. The van der Waals surface area contributed by atoms with Crippen molar-refractivity contribution in [2.24, 2.45) is 10.9 Å². The number of anilines is 1. The van der Waals surface area contributed by atoms with Crippen LogP contribution in [0.15, 0.2) is 35.3 Å². The lowest BCUT2D eigenvalue weighted by Crippen LogP contribution is -2.75. The van der Waals surface area contributed by atoms with Crippen LogP contribution >= 0.6 is 0 Å². The molecule has 9 heteroatoms. The van der Waals surface area contributed by atoms with Gasteiger partial charge in [-0.3, -0.25) is 34.6 Å². The molecule has 5 aliphatic rings. The molecular formula is C18H20N6O3. The molecule has 5 fully saturated rings. The second kappa shape index (κ2) is 5.95. The molecule has 1 aromatic rings. The molecule has 0 saturated carbocycles. The summed E-state index contributed by atoms with van der Waals surface area (Å²) in [6.45, 7) is 5.27. The summed E-state index contributed by atoms with van der Waals surface area (Å²) in [5, 5.41) is 2.27. The van der Waals surface area contributed by atoms with Crippen molar-refractivity contribution in [2.45, 2.75) is 5.54 Å². The predicted octanol–water partition coefficient (Wildman–Crippen LogP) is -0.485. The molecule has 0 aliphatic carbocycles. The third kappa shape index (κ3) is 2.75. The van der Waals surface area contributed by atoms with E-state index in [0.29, 0.717) is 5.69 Å². The zero-order valence-corrected chi connectivity index (χ0v) is 14.7. The van der Waals surface area contributed by atoms with Gasteiger partial charge in [-0.2, -0.15) is 0 Å². The molecule has 5 heterocycles. The molecule has 140 valence electrons. The number of rotatable bonds is 3. The lowest BCUT2D eigenvalue weighted by atomic mass is 9.91. The molecule has 5 saturated heterocycles. The molecule has 1 atom stereocenters. The zero-order chi connectivity index (χ0) is 18.6. The summed E-state index contributed by atoms with van der Waals surface area (Å²) in [5.74, 6) is -2.29. The summed E-state index contributed by atoms with van der Waals surface area (Å²) in [5.41, 5.74) is 0.109. The van der Waals surface area contributed by atoms with Gasteiger partial charge in [-0.05, 0) is 12.1 Å². The Balaban J connectivity index is 1.41. The molecule has 0 unspecified atom stereocenters. The fourth-order valence-electron chi connectivity index (χ4n) is 4.58. The van der Waals surface area contributed by atoms with E-state index in [-0.39, 0.29) is 5.54 Å². The van der Waals surface area contributed by atoms with Crippen molar-refractivity contribution in [2.75, 3.05) is 44.5 Å². The first-order chi connectivity index (χ1) is 13.0. The highest BCUT2D eigenvalue weighted by molar-refractivity contribution is 6.32. The topological polar surface area (TPSA) is 88.6 Å². The van der Waals surface area contributed by atoms with Gasteiger partial charge in [0.25, 0.3) is 5.91 Å². The van der Waals surface area contributed by atoms with E-state index in [4.69, 9.17) is 4.99 Å². The molecule has 0 spiro atoms. The van der Waals surface area contributed by atoms with Gasteiger partial charge in [-0.25, -0.2) is 9.69 Å². The van der Waals surface area contributed by atoms with Crippen molar-refractivity contribution in [3.63, 3.8) is 0 Å². The minimum Gasteiger partial charge on any atom is -0.285 e. The number of hydrogen-bond acceptors (Lipinski definition) is 7. The molecule has 6 rings (SSSR count). The van der Waals surface area contributed by atoms with Crippen LogP contribution in [0.4, 0.5) is 10.5 Å². The predicted molar refractivity (Wildman–Crippen MR) is 96.9 cm³/mol. The number of benzene rings is 1. The van der Waals surface area contributed by atoms with E-state index >= 15 is 0 Å².